The van der Waals surface area contributed by atoms with E-state index in [1.807, 2.05) is 0 Å². The molecule has 0 N–H and O–H groups in total. The number of alkyl halides is 2. The second-order valence-electron chi connectivity index (χ2n) is 5.24. The highest BCUT2D eigenvalue weighted by Gasteiger charge is 2.31. The molecule has 0 aliphatic heterocycles. The Balaban J connectivity index is 3.03. The lowest BCUT2D eigenvalue weighted by molar-refractivity contribution is 0.301. The van der Waals surface area contributed by atoms with Crippen LogP contribution >= 0.6 is 43.5 Å². The molecule has 0 unspecified atom stereocenters. The van der Waals surface area contributed by atoms with Crippen LogP contribution in [0.1, 0.15) is 25.8 Å². The van der Waals surface area contributed by atoms with Crippen LogP contribution in [-0.2, 0) is 6.42 Å². The van der Waals surface area contributed by atoms with Crippen LogP contribution in [0.4, 0.5) is 4.39 Å². The minimum Gasteiger partial charge on any atom is -0.207 e. The Morgan fingerprint density at radius 3 is 2.33 bits per heavy atom. The van der Waals surface area contributed by atoms with E-state index in [4.69, 9.17) is 11.6 Å². The third-order valence-electron chi connectivity index (χ3n) is 3.02. The van der Waals surface area contributed by atoms with Crippen LogP contribution in [0.25, 0.3) is 0 Å². The van der Waals surface area contributed by atoms with Crippen LogP contribution in [0, 0.1) is 17.2 Å². The normalized spacial score (nSPS) is 12.2. The molecule has 0 saturated carbocycles. The Kier molecular flexibility index (Phi) is 6.63. The van der Waals surface area contributed by atoms with Crippen molar-refractivity contribution in [3.8, 4) is 0 Å². The van der Waals surface area contributed by atoms with Crippen molar-refractivity contribution >= 4 is 43.5 Å². The largest absolute Gasteiger partial charge is 0.207 e. The molecule has 0 aliphatic carbocycles. The van der Waals surface area contributed by atoms with Crippen molar-refractivity contribution < 1.29 is 4.39 Å². The Labute approximate surface area is 131 Å². The molecule has 0 aromatic heterocycles. The van der Waals surface area contributed by atoms with Crippen LogP contribution in [-0.4, -0.2) is 10.7 Å². The summed E-state index contributed by atoms with van der Waals surface area (Å²) < 4.78 is 13.9. The second-order valence-corrected chi connectivity index (χ2v) is 6.77. The summed E-state index contributed by atoms with van der Waals surface area (Å²) in [4.78, 5) is 0. The predicted molar refractivity (Wildman–Crippen MR) is 84.6 cm³/mol. The maximum Gasteiger partial charge on any atom is 0.127 e. The summed E-state index contributed by atoms with van der Waals surface area (Å²) in [6.45, 7) is 4.37. The van der Waals surface area contributed by atoms with Gasteiger partial charge >= 0.3 is 0 Å². The van der Waals surface area contributed by atoms with Gasteiger partial charge in [0.15, 0.2) is 0 Å². The Morgan fingerprint density at radius 2 is 1.89 bits per heavy atom. The number of hydrogen-bond donors (Lipinski definition) is 0. The zero-order valence-corrected chi connectivity index (χ0v) is 14.6. The van der Waals surface area contributed by atoms with Crippen LogP contribution in [0.5, 0.6) is 0 Å². The van der Waals surface area contributed by atoms with Gasteiger partial charge in [0.05, 0.1) is 0 Å². The van der Waals surface area contributed by atoms with Gasteiger partial charge in [0.2, 0.25) is 0 Å². The van der Waals surface area contributed by atoms with Gasteiger partial charge in [-0.1, -0.05) is 63.4 Å². The van der Waals surface area contributed by atoms with Crippen molar-refractivity contribution in [1.29, 1.82) is 0 Å². The van der Waals surface area contributed by atoms with Crippen LogP contribution < -0.4 is 0 Å². The highest BCUT2D eigenvalue weighted by atomic mass is 79.9. The van der Waals surface area contributed by atoms with Gasteiger partial charge in [-0.2, -0.15) is 0 Å². The van der Waals surface area contributed by atoms with Crippen molar-refractivity contribution in [1.82, 2.24) is 0 Å². The molecule has 0 fully saturated rings. The van der Waals surface area contributed by atoms with E-state index < -0.39 is 0 Å². The molecule has 0 nitrogen and oxygen atoms in total. The zero-order valence-electron chi connectivity index (χ0n) is 10.6. The van der Waals surface area contributed by atoms with Crippen LogP contribution in [0.15, 0.2) is 18.2 Å². The van der Waals surface area contributed by atoms with E-state index >= 15 is 0 Å². The monoisotopic (exact) mass is 398 g/mol. The van der Waals surface area contributed by atoms with E-state index in [1.165, 1.54) is 6.07 Å². The van der Waals surface area contributed by atoms with Gasteiger partial charge in [-0.15, -0.1) is 0 Å². The number of benzene rings is 1. The lowest BCUT2D eigenvalue weighted by atomic mass is 9.78. The summed E-state index contributed by atoms with van der Waals surface area (Å²) in [7, 11) is 0. The van der Waals surface area contributed by atoms with Gasteiger partial charge in [-0.25, -0.2) is 4.39 Å². The summed E-state index contributed by atoms with van der Waals surface area (Å²) in [5, 5.41) is 2.17. The first-order chi connectivity index (χ1) is 8.44. The maximum atomic E-state index is 13.9. The Hall–Kier alpha value is 0.400. The third kappa shape index (κ3) is 4.21. The van der Waals surface area contributed by atoms with Gasteiger partial charge in [0.1, 0.15) is 5.82 Å². The molecule has 1 aromatic rings. The first-order valence-corrected chi connectivity index (χ1v) is 8.61. The first-order valence-electron chi connectivity index (χ1n) is 5.99. The average Bonchev–Trinajstić information content (AvgIpc) is 2.32. The fourth-order valence-electron chi connectivity index (χ4n) is 2.25. The van der Waals surface area contributed by atoms with Crippen molar-refractivity contribution in [3.05, 3.63) is 34.6 Å². The molecule has 0 saturated heterocycles. The molecule has 0 spiro atoms. The number of halogens is 4. The fraction of sp³-hybridized carbons (Fsp3) is 0.571. The van der Waals surface area contributed by atoms with Gasteiger partial charge in [-0.3, -0.25) is 0 Å². The van der Waals surface area contributed by atoms with Crippen molar-refractivity contribution in [2.45, 2.75) is 26.7 Å². The molecule has 18 heavy (non-hydrogen) atoms. The van der Waals surface area contributed by atoms with Gasteiger partial charge < -0.3 is 0 Å². The molecule has 4 heteroatoms. The summed E-state index contributed by atoms with van der Waals surface area (Å²) in [6, 6.07) is 4.87. The molecule has 102 valence electrons. The van der Waals surface area contributed by atoms with Crippen molar-refractivity contribution in [3.63, 3.8) is 0 Å². The van der Waals surface area contributed by atoms with Crippen molar-refractivity contribution in [2.24, 2.45) is 11.3 Å². The van der Waals surface area contributed by atoms with Gasteiger partial charge in [0.25, 0.3) is 0 Å². The van der Waals surface area contributed by atoms with Gasteiger partial charge in [-0.05, 0) is 36.3 Å². The minimum atomic E-state index is -0.211. The zero-order chi connectivity index (χ0) is 13.8. The SMILES string of the molecule is CC(C)CC(CBr)(CBr)Cc1c(F)cccc1Cl. The predicted octanol–water partition coefficient (Wildman–Crippen LogP) is 5.84. The molecule has 0 heterocycles. The minimum absolute atomic E-state index is 0.000000000000000222. The summed E-state index contributed by atoms with van der Waals surface area (Å²) >= 11 is 13.3. The van der Waals surface area contributed by atoms with E-state index in [9.17, 15) is 4.39 Å². The fourth-order valence-corrected chi connectivity index (χ4v) is 4.27. The standard InChI is InChI=1S/C14H18Br2ClF/c1-10(2)6-14(8-15,9-16)7-11-12(17)4-3-5-13(11)18/h3-5,10H,6-9H2,1-2H3. The molecule has 1 aromatic carbocycles. The molecule has 0 aliphatic rings. The summed E-state index contributed by atoms with van der Waals surface area (Å²) in [6.07, 6.45) is 1.67. The second kappa shape index (κ2) is 7.25. The highest BCUT2D eigenvalue weighted by Crippen LogP contribution is 2.37. The quantitative estimate of drug-likeness (QED) is 0.526. The van der Waals surface area contributed by atoms with Gasteiger partial charge in [0, 0.05) is 21.2 Å². The summed E-state index contributed by atoms with van der Waals surface area (Å²) in [5.41, 5.74) is 0.624. The average molecular weight is 401 g/mol. The number of hydrogen-bond acceptors (Lipinski definition) is 0. The lowest BCUT2D eigenvalue weighted by Gasteiger charge is -2.32. The topological polar surface area (TPSA) is 0 Å². The molecular formula is C14H18Br2ClF. The maximum absolute atomic E-state index is 13.9. The smallest absolute Gasteiger partial charge is 0.127 e. The molecule has 0 bridgehead atoms. The third-order valence-corrected chi connectivity index (χ3v) is 5.75. The molecule has 0 amide bonds. The lowest BCUT2D eigenvalue weighted by Crippen LogP contribution is -2.30. The van der Waals surface area contributed by atoms with E-state index in [0.29, 0.717) is 22.9 Å². The van der Waals surface area contributed by atoms with E-state index in [-0.39, 0.29) is 11.2 Å². The van der Waals surface area contributed by atoms with E-state index in [0.717, 1.165) is 17.1 Å². The van der Waals surface area contributed by atoms with E-state index in [2.05, 4.69) is 45.7 Å². The highest BCUT2D eigenvalue weighted by molar-refractivity contribution is 9.09. The Morgan fingerprint density at radius 1 is 1.28 bits per heavy atom. The van der Waals surface area contributed by atoms with Crippen molar-refractivity contribution in [2.75, 3.05) is 10.7 Å². The molecule has 0 atom stereocenters. The number of rotatable bonds is 6. The Bertz CT molecular complexity index is 369. The van der Waals surface area contributed by atoms with Crippen LogP contribution in [0.3, 0.4) is 0 Å². The molecule has 0 radical (unpaired) electrons. The molecule has 1 rings (SSSR count). The van der Waals surface area contributed by atoms with E-state index in [1.54, 1.807) is 12.1 Å². The molecular weight excluding hydrogens is 382 g/mol. The van der Waals surface area contributed by atoms with Crippen LogP contribution in [0.2, 0.25) is 5.02 Å². The summed E-state index contributed by atoms with van der Waals surface area (Å²) in [5.74, 6) is 0.350. The first kappa shape index (κ1) is 16.5.